The van der Waals surface area contributed by atoms with Crippen molar-refractivity contribution in [1.82, 2.24) is 15.0 Å². The molecule has 0 aliphatic rings. The number of pyridine rings is 1. The highest BCUT2D eigenvalue weighted by Gasteiger charge is 2.13. The van der Waals surface area contributed by atoms with Gasteiger partial charge in [0.2, 0.25) is 0 Å². The zero-order valence-corrected chi connectivity index (χ0v) is 12.1. The number of aromatic nitrogens is 3. The van der Waals surface area contributed by atoms with E-state index in [0.29, 0.717) is 10.3 Å². The molecule has 0 atom stereocenters. The zero-order chi connectivity index (χ0) is 13.3. The van der Waals surface area contributed by atoms with E-state index in [1.54, 1.807) is 6.20 Å². The smallest absolute Gasteiger partial charge is 0.265 e. The molecule has 2 aromatic heterocycles. The number of nitrogens with zero attached hydrogens (tertiary/aromatic N) is 2. The second-order valence-corrected chi connectivity index (χ2v) is 5.25. The lowest BCUT2D eigenvalue weighted by Crippen LogP contribution is -2.14. The van der Waals surface area contributed by atoms with Crippen molar-refractivity contribution >= 4 is 15.9 Å². The number of H-pyrrole nitrogens is 1. The van der Waals surface area contributed by atoms with E-state index in [1.165, 1.54) is 0 Å². The summed E-state index contributed by atoms with van der Waals surface area (Å²) in [6.07, 6.45) is 1.71. The van der Waals surface area contributed by atoms with Crippen molar-refractivity contribution in [3.05, 3.63) is 44.5 Å². The molecular formula is C13H14BrN3O. The van der Waals surface area contributed by atoms with Crippen LogP contribution >= 0.6 is 15.9 Å². The Bertz CT molecular complexity index is 617. The third kappa shape index (κ3) is 2.51. The minimum Gasteiger partial charge on any atom is -0.305 e. The first-order chi connectivity index (χ1) is 8.49. The van der Waals surface area contributed by atoms with Crippen LogP contribution in [-0.2, 0) is 0 Å². The highest BCUT2D eigenvalue weighted by molar-refractivity contribution is 9.10. The Balaban J connectivity index is 2.59. The Hall–Kier alpha value is -1.49. The topological polar surface area (TPSA) is 58.6 Å². The van der Waals surface area contributed by atoms with Gasteiger partial charge in [0.05, 0.1) is 5.69 Å². The maximum Gasteiger partial charge on any atom is 0.265 e. The summed E-state index contributed by atoms with van der Waals surface area (Å²) in [6.45, 7) is 5.93. The molecule has 0 saturated carbocycles. The molecule has 18 heavy (non-hydrogen) atoms. The predicted molar refractivity (Wildman–Crippen MR) is 74.6 cm³/mol. The average Bonchev–Trinajstić information content (AvgIpc) is 2.33. The third-order valence-corrected chi connectivity index (χ3v) is 3.39. The van der Waals surface area contributed by atoms with Gasteiger partial charge in [-0.1, -0.05) is 13.8 Å². The SMILES string of the molecule is Cc1ccc(-c2nc(C(C)C)c(Br)c(=O)[nH]2)cn1. The summed E-state index contributed by atoms with van der Waals surface area (Å²) in [4.78, 5) is 23.3. The van der Waals surface area contributed by atoms with E-state index in [2.05, 4.69) is 30.9 Å². The number of hydrogen-bond donors (Lipinski definition) is 1. The summed E-state index contributed by atoms with van der Waals surface area (Å²) in [5.74, 6) is 0.734. The summed E-state index contributed by atoms with van der Waals surface area (Å²) >= 11 is 3.28. The van der Waals surface area contributed by atoms with E-state index in [1.807, 2.05) is 32.9 Å². The molecule has 4 nitrogen and oxygen atoms in total. The first-order valence-corrected chi connectivity index (χ1v) is 6.51. The number of aromatic amines is 1. The van der Waals surface area contributed by atoms with E-state index in [-0.39, 0.29) is 11.5 Å². The van der Waals surface area contributed by atoms with Gasteiger partial charge in [-0.2, -0.15) is 0 Å². The van der Waals surface area contributed by atoms with Crippen LogP contribution in [0.15, 0.2) is 27.6 Å². The standard InChI is InChI=1S/C13H14BrN3O/c1-7(2)11-10(14)13(18)17-12(16-11)9-5-4-8(3)15-6-9/h4-7H,1-3H3,(H,16,17,18). The molecule has 0 bridgehead atoms. The van der Waals surface area contributed by atoms with Gasteiger partial charge in [-0.15, -0.1) is 0 Å². The van der Waals surface area contributed by atoms with E-state index in [0.717, 1.165) is 17.0 Å². The Morgan fingerprint density at radius 2 is 2.06 bits per heavy atom. The van der Waals surface area contributed by atoms with Gasteiger partial charge in [0.1, 0.15) is 10.3 Å². The quantitative estimate of drug-likeness (QED) is 0.927. The van der Waals surface area contributed by atoms with Crippen LogP contribution in [0.25, 0.3) is 11.4 Å². The van der Waals surface area contributed by atoms with E-state index in [9.17, 15) is 4.79 Å². The highest BCUT2D eigenvalue weighted by Crippen LogP contribution is 2.22. The molecule has 0 spiro atoms. The molecule has 0 aliphatic heterocycles. The van der Waals surface area contributed by atoms with Crippen molar-refractivity contribution in [2.75, 3.05) is 0 Å². The fraction of sp³-hybridized carbons (Fsp3) is 0.308. The van der Waals surface area contributed by atoms with Gasteiger partial charge in [0.15, 0.2) is 0 Å². The van der Waals surface area contributed by atoms with Crippen LogP contribution in [0.3, 0.4) is 0 Å². The highest BCUT2D eigenvalue weighted by atomic mass is 79.9. The number of halogens is 1. The zero-order valence-electron chi connectivity index (χ0n) is 10.5. The van der Waals surface area contributed by atoms with Gasteiger partial charge >= 0.3 is 0 Å². The van der Waals surface area contributed by atoms with Crippen molar-refractivity contribution in [1.29, 1.82) is 0 Å². The van der Waals surface area contributed by atoms with Gasteiger partial charge in [-0.25, -0.2) is 4.98 Å². The monoisotopic (exact) mass is 307 g/mol. The predicted octanol–water partition coefficient (Wildman–Crippen LogP) is 3.03. The number of hydrogen-bond acceptors (Lipinski definition) is 3. The molecule has 94 valence electrons. The molecule has 0 amide bonds. The minimum absolute atomic E-state index is 0.163. The minimum atomic E-state index is -0.163. The van der Waals surface area contributed by atoms with Crippen LogP contribution < -0.4 is 5.56 Å². The van der Waals surface area contributed by atoms with E-state index < -0.39 is 0 Å². The molecule has 2 aromatic rings. The summed E-state index contributed by atoms with van der Waals surface area (Å²) in [6, 6.07) is 3.80. The molecule has 2 heterocycles. The molecule has 0 fully saturated rings. The third-order valence-electron chi connectivity index (χ3n) is 2.62. The Labute approximate surface area is 114 Å². The Kier molecular flexibility index (Phi) is 3.61. The van der Waals surface area contributed by atoms with Crippen molar-refractivity contribution < 1.29 is 0 Å². The lowest BCUT2D eigenvalue weighted by Gasteiger charge is -2.09. The van der Waals surface area contributed by atoms with Gasteiger partial charge in [0.25, 0.3) is 5.56 Å². The molecular weight excluding hydrogens is 294 g/mol. The van der Waals surface area contributed by atoms with Gasteiger partial charge in [-0.3, -0.25) is 9.78 Å². The van der Waals surface area contributed by atoms with Crippen LogP contribution in [0.1, 0.15) is 31.2 Å². The fourth-order valence-electron chi connectivity index (χ4n) is 1.60. The molecule has 5 heteroatoms. The normalized spacial score (nSPS) is 10.9. The van der Waals surface area contributed by atoms with Gasteiger partial charge in [0, 0.05) is 17.5 Å². The van der Waals surface area contributed by atoms with Crippen LogP contribution in [0.2, 0.25) is 0 Å². The number of rotatable bonds is 2. The van der Waals surface area contributed by atoms with Gasteiger partial charge in [-0.05, 0) is 40.9 Å². The van der Waals surface area contributed by atoms with Crippen LogP contribution in [0, 0.1) is 6.92 Å². The average molecular weight is 308 g/mol. The number of aryl methyl sites for hydroxylation is 1. The maximum atomic E-state index is 11.8. The van der Waals surface area contributed by atoms with Crippen molar-refractivity contribution in [2.24, 2.45) is 0 Å². The first-order valence-electron chi connectivity index (χ1n) is 5.71. The van der Waals surface area contributed by atoms with Crippen molar-refractivity contribution in [2.45, 2.75) is 26.7 Å². The largest absolute Gasteiger partial charge is 0.305 e. The Morgan fingerprint density at radius 3 is 2.61 bits per heavy atom. The summed E-state index contributed by atoms with van der Waals surface area (Å²) in [5, 5.41) is 0. The van der Waals surface area contributed by atoms with Crippen molar-refractivity contribution in [3.63, 3.8) is 0 Å². The summed E-state index contributed by atoms with van der Waals surface area (Å²) in [7, 11) is 0. The molecule has 0 aromatic carbocycles. The first kappa shape index (κ1) is 13.0. The molecule has 1 N–H and O–H groups in total. The number of nitrogens with one attached hydrogen (secondary N) is 1. The molecule has 2 rings (SSSR count). The lowest BCUT2D eigenvalue weighted by atomic mass is 10.1. The van der Waals surface area contributed by atoms with E-state index in [4.69, 9.17) is 0 Å². The second kappa shape index (κ2) is 5.02. The van der Waals surface area contributed by atoms with Crippen LogP contribution in [0.4, 0.5) is 0 Å². The van der Waals surface area contributed by atoms with Gasteiger partial charge < -0.3 is 4.98 Å². The fourth-order valence-corrected chi connectivity index (χ4v) is 2.25. The van der Waals surface area contributed by atoms with Crippen molar-refractivity contribution in [3.8, 4) is 11.4 Å². The second-order valence-electron chi connectivity index (χ2n) is 4.46. The van der Waals surface area contributed by atoms with Crippen LogP contribution in [-0.4, -0.2) is 15.0 Å². The summed E-state index contributed by atoms with van der Waals surface area (Å²) < 4.78 is 0.501. The lowest BCUT2D eigenvalue weighted by molar-refractivity contribution is 0.803. The van der Waals surface area contributed by atoms with Crippen LogP contribution in [0.5, 0.6) is 0 Å². The molecule has 0 radical (unpaired) electrons. The molecule has 0 unspecified atom stereocenters. The Morgan fingerprint density at radius 1 is 1.33 bits per heavy atom. The molecule has 0 saturated heterocycles. The molecule has 0 aliphatic carbocycles. The van der Waals surface area contributed by atoms with E-state index >= 15 is 0 Å². The maximum absolute atomic E-state index is 11.8. The summed E-state index contributed by atoms with van der Waals surface area (Å²) in [5.41, 5.74) is 2.34.